The van der Waals surface area contributed by atoms with Crippen molar-refractivity contribution in [2.75, 3.05) is 0 Å². The molecule has 1 aliphatic carbocycles. The monoisotopic (exact) mass is 202 g/mol. The Hall–Kier alpha value is -1.31. The number of hydrogen-bond acceptors (Lipinski definition) is 2. The lowest BCUT2D eigenvalue weighted by atomic mass is 9.77. The molecule has 0 N–H and O–H groups in total. The highest BCUT2D eigenvalue weighted by atomic mass is 16.6. The lowest BCUT2D eigenvalue weighted by Crippen LogP contribution is -2.30. The Kier molecular flexibility index (Phi) is 1.84. The Balaban J connectivity index is 2.09. The molecule has 2 heteroatoms. The normalized spacial score (nSPS) is 28.9. The molecule has 1 aromatic rings. The van der Waals surface area contributed by atoms with Gasteiger partial charge in [0.15, 0.2) is 0 Å². The molecule has 1 atom stereocenters. The Labute approximate surface area is 89.2 Å². The second-order valence-corrected chi connectivity index (χ2v) is 4.48. The van der Waals surface area contributed by atoms with Crippen molar-refractivity contribution in [2.24, 2.45) is 0 Å². The van der Waals surface area contributed by atoms with Gasteiger partial charge < -0.3 is 4.74 Å². The summed E-state index contributed by atoms with van der Waals surface area (Å²) in [6.07, 6.45) is 4.69. The van der Waals surface area contributed by atoms with Crippen molar-refractivity contribution in [3.05, 3.63) is 35.4 Å². The van der Waals surface area contributed by atoms with E-state index in [4.69, 9.17) is 4.74 Å². The van der Waals surface area contributed by atoms with Crippen molar-refractivity contribution in [3.63, 3.8) is 0 Å². The van der Waals surface area contributed by atoms with Gasteiger partial charge in [0.25, 0.3) is 0 Å². The molecule has 1 aromatic carbocycles. The second-order valence-electron chi connectivity index (χ2n) is 4.48. The predicted octanol–water partition coefficient (Wildman–Crippen LogP) is 2.56. The zero-order valence-electron chi connectivity index (χ0n) is 8.66. The first-order chi connectivity index (χ1) is 7.30. The van der Waals surface area contributed by atoms with Crippen molar-refractivity contribution < 1.29 is 9.53 Å². The molecular weight excluding hydrogens is 188 g/mol. The summed E-state index contributed by atoms with van der Waals surface area (Å²) < 4.78 is 5.58. The molecule has 0 radical (unpaired) electrons. The van der Waals surface area contributed by atoms with Crippen molar-refractivity contribution in [1.29, 1.82) is 0 Å². The van der Waals surface area contributed by atoms with Gasteiger partial charge in [-0.25, -0.2) is 0 Å². The van der Waals surface area contributed by atoms with Crippen molar-refractivity contribution in [2.45, 2.75) is 37.7 Å². The van der Waals surface area contributed by atoms with Crippen LogP contribution >= 0.6 is 0 Å². The maximum atomic E-state index is 11.3. The number of benzene rings is 1. The van der Waals surface area contributed by atoms with Gasteiger partial charge in [-0.1, -0.05) is 24.3 Å². The van der Waals surface area contributed by atoms with Crippen LogP contribution in [0.1, 0.15) is 36.8 Å². The maximum absolute atomic E-state index is 11.3. The number of aryl methyl sites for hydroxylation is 1. The van der Waals surface area contributed by atoms with Crippen LogP contribution in [-0.2, 0) is 21.6 Å². The second kappa shape index (κ2) is 3.09. The Morgan fingerprint density at radius 2 is 2.00 bits per heavy atom. The summed E-state index contributed by atoms with van der Waals surface area (Å²) in [5, 5.41) is 0. The molecule has 0 bridgehead atoms. The standard InChI is InChI=1S/C13H14O2/c14-12-7-9-13(15-12)8-3-5-10-4-1-2-6-11(10)13/h1-2,4,6H,3,5,7-9H2/t13-/m1/s1. The summed E-state index contributed by atoms with van der Waals surface area (Å²) in [6.45, 7) is 0. The van der Waals surface area contributed by atoms with E-state index < -0.39 is 0 Å². The van der Waals surface area contributed by atoms with E-state index in [0.29, 0.717) is 6.42 Å². The summed E-state index contributed by atoms with van der Waals surface area (Å²) in [6, 6.07) is 8.38. The fraction of sp³-hybridized carbons (Fsp3) is 0.462. The van der Waals surface area contributed by atoms with Crippen LogP contribution < -0.4 is 0 Å². The summed E-state index contributed by atoms with van der Waals surface area (Å²) >= 11 is 0. The Morgan fingerprint density at radius 3 is 2.80 bits per heavy atom. The highest BCUT2D eigenvalue weighted by Crippen LogP contribution is 2.45. The molecule has 1 saturated heterocycles. The third kappa shape index (κ3) is 1.28. The van der Waals surface area contributed by atoms with Gasteiger partial charge in [-0.2, -0.15) is 0 Å². The highest BCUT2D eigenvalue weighted by molar-refractivity contribution is 5.73. The van der Waals surface area contributed by atoms with Gasteiger partial charge in [0.2, 0.25) is 0 Å². The van der Waals surface area contributed by atoms with Gasteiger partial charge in [0.05, 0.1) is 0 Å². The van der Waals surface area contributed by atoms with Gasteiger partial charge in [-0.05, 0) is 30.4 Å². The summed E-state index contributed by atoms with van der Waals surface area (Å²) in [7, 11) is 0. The van der Waals surface area contributed by atoms with Gasteiger partial charge >= 0.3 is 5.97 Å². The minimum atomic E-state index is -0.272. The van der Waals surface area contributed by atoms with Crippen molar-refractivity contribution in [3.8, 4) is 0 Å². The van der Waals surface area contributed by atoms with Crippen LogP contribution in [-0.4, -0.2) is 5.97 Å². The quantitative estimate of drug-likeness (QED) is 0.604. The van der Waals surface area contributed by atoms with Crippen LogP contribution in [0.5, 0.6) is 0 Å². The predicted molar refractivity (Wildman–Crippen MR) is 56.4 cm³/mol. The minimum absolute atomic E-state index is 0.0355. The van der Waals surface area contributed by atoms with E-state index in [-0.39, 0.29) is 11.6 Å². The molecule has 0 amide bonds. The highest BCUT2D eigenvalue weighted by Gasteiger charge is 2.44. The lowest BCUT2D eigenvalue weighted by Gasteiger charge is -2.34. The van der Waals surface area contributed by atoms with Gasteiger partial charge in [0, 0.05) is 12.8 Å². The topological polar surface area (TPSA) is 26.3 Å². The fourth-order valence-electron chi connectivity index (χ4n) is 2.87. The summed E-state index contributed by atoms with van der Waals surface area (Å²) in [5.41, 5.74) is 2.34. The smallest absolute Gasteiger partial charge is 0.306 e. The van der Waals surface area contributed by atoms with Crippen LogP contribution in [0.4, 0.5) is 0 Å². The molecule has 2 aliphatic rings. The molecule has 3 rings (SSSR count). The third-order valence-electron chi connectivity index (χ3n) is 3.58. The van der Waals surface area contributed by atoms with Crippen LogP contribution in [0.2, 0.25) is 0 Å². The number of ether oxygens (including phenoxy) is 1. The van der Waals surface area contributed by atoms with E-state index in [9.17, 15) is 4.79 Å². The zero-order chi connectivity index (χ0) is 10.3. The third-order valence-corrected chi connectivity index (χ3v) is 3.58. The number of rotatable bonds is 0. The molecule has 78 valence electrons. The SMILES string of the molecule is O=C1CC[C@@]2(CCCc3ccccc32)O1. The van der Waals surface area contributed by atoms with E-state index >= 15 is 0 Å². The number of fused-ring (bicyclic) bond motifs is 2. The maximum Gasteiger partial charge on any atom is 0.306 e. The molecule has 1 fully saturated rings. The number of esters is 1. The van der Waals surface area contributed by atoms with Gasteiger partial charge in [-0.3, -0.25) is 4.79 Å². The van der Waals surface area contributed by atoms with E-state index in [2.05, 4.69) is 18.2 Å². The Bertz CT molecular complexity index is 411. The van der Waals surface area contributed by atoms with Crippen molar-refractivity contribution in [1.82, 2.24) is 0 Å². The summed E-state index contributed by atoms with van der Waals surface area (Å²) in [5.74, 6) is -0.0355. The van der Waals surface area contributed by atoms with E-state index in [1.807, 2.05) is 6.07 Å². The average Bonchev–Trinajstić information content (AvgIpc) is 2.62. The first-order valence-corrected chi connectivity index (χ1v) is 5.60. The molecule has 1 aliphatic heterocycles. The molecule has 0 saturated carbocycles. The van der Waals surface area contributed by atoms with Gasteiger partial charge in [0.1, 0.15) is 5.60 Å². The van der Waals surface area contributed by atoms with Crippen LogP contribution in [0.25, 0.3) is 0 Å². The molecule has 1 spiro atoms. The van der Waals surface area contributed by atoms with Crippen LogP contribution in [0, 0.1) is 0 Å². The van der Waals surface area contributed by atoms with E-state index in [1.54, 1.807) is 0 Å². The van der Waals surface area contributed by atoms with E-state index in [1.165, 1.54) is 11.1 Å². The Morgan fingerprint density at radius 1 is 1.13 bits per heavy atom. The molecule has 2 nitrogen and oxygen atoms in total. The number of hydrogen-bond donors (Lipinski definition) is 0. The number of carbonyl (C=O) groups is 1. The van der Waals surface area contributed by atoms with Gasteiger partial charge in [-0.15, -0.1) is 0 Å². The molecule has 0 unspecified atom stereocenters. The molecule has 0 aromatic heterocycles. The fourth-order valence-corrected chi connectivity index (χ4v) is 2.87. The molecular formula is C13H14O2. The molecule has 1 heterocycles. The molecule has 15 heavy (non-hydrogen) atoms. The first kappa shape index (κ1) is 8.96. The lowest BCUT2D eigenvalue weighted by molar-refractivity contribution is -0.150. The van der Waals surface area contributed by atoms with Crippen molar-refractivity contribution >= 4 is 5.97 Å². The zero-order valence-corrected chi connectivity index (χ0v) is 8.66. The van der Waals surface area contributed by atoms with E-state index in [0.717, 1.165) is 25.7 Å². The average molecular weight is 202 g/mol. The first-order valence-electron chi connectivity index (χ1n) is 5.60. The minimum Gasteiger partial charge on any atom is -0.454 e. The largest absolute Gasteiger partial charge is 0.454 e. The number of carbonyl (C=O) groups excluding carboxylic acids is 1. The van der Waals surface area contributed by atoms with Crippen LogP contribution in [0.3, 0.4) is 0 Å². The van der Waals surface area contributed by atoms with Crippen LogP contribution in [0.15, 0.2) is 24.3 Å². The summed E-state index contributed by atoms with van der Waals surface area (Å²) in [4.78, 5) is 11.3.